The van der Waals surface area contributed by atoms with Crippen molar-refractivity contribution >= 4 is 22.7 Å². The molecule has 1 heterocycles. The Bertz CT molecular complexity index is 857. The zero-order chi connectivity index (χ0) is 23.3. The highest BCUT2D eigenvalue weighted by Crippen LogP contribution is 2.32. The zero-order valence-electron chi connectivity index (χ0n) is 20.2. The summed E-state index contributed by atoms with van der Waals surface area (Å²) in [5.41, 5.74) is 1.15. The van der Waals surface area contributed by atoms with Gasteiger partial charge in [0.05, 0.1) is 19.7 Å². The van der Waals surface area contributed by atoms with Crippen molar-refractivity contribution in [3.05, 3.63) is 24.4 Å². The molecule has 2 aromatic rings. The van der Waals surface area contributed by atoms with Crippen LogP contribution in [0.2, 0.25) is 0 Å². The highest BCUT2D eigenvalue weighted by atomic mass is 16.5. The van der Waals surface area contributed by atoms with E-state index in [0.717, 1.165) is 54.6 Å². The molecule has 0 amide bonds. The maximum absolute atomic E-state index is 11.2. The topological polar surface area (TPSA) is 66.8 Å². The maximum atomic E-state index is 11.2. The number of nitrogens with zero attached hydrogens (tertiary/aromatic N) is 1. The Balaban J connectivity index is 1.63. The van der Waals surface area contributed by atoms with E-state index in [9.17, 15) is 9.59 Å². The molecule has 0 saturated heterocycles. The van der Waals surface area contributed by atoms with Gasteiger partial charge in [-0.15, -0.1) is 0 Å². The van der Waals surface area contributed by atoms with Crippen molar-refractivity contribution in [2.75, 3.05) is 14.2 Å². The summed E-state index contributed by atoms with van der Waals surface area (Å²) in [4.78, 5) is 22.4. The lowest BCUT2D eigenvalue weighted by Gasteiger charge is -2.16. The van der Waals surface area contributed by atoms with Crippen molar-refractivity contribution in [3.63, 3.8) is 0 Å². The summed E-state index contributed by atoms with van der Waals surface area (Å²) >= 11 is 0. The summed E-state index contributed by atoms with van der Waals surface area (Å²) in [6, 6.07) is 6.09. The SMILES string of the molecule is COc1cc(OC)c2ccn(CCCCCCCCCC(CCC(C)=O)OC(C)=O)c2c1. The summed E-state index contributed by atoms with van der Waals surface area (Å²) in [7, 11) is 3.37. The Morgan fingerprint density at radius 2 is 1.59 bits per heavy atom. The molecule has 0 aliphatic rings. The molecule has 1 atom stereocenters. The number of fused-ring (bicyclic) bond motifs is 1. The lowest BCUT2D eigenvalue weighted by Crippen LogP contribution is -2.17. The Morgan fingerprint density at radius 1 is 0.906 bits per heavy atom. The van der Waals surface area contributed by atoms with E-state index in [4.69, 9.17) is 14.2 Å². The molecule has 0 bridgehead atoms. The zero-order valence-corrected chi connectivity index (χ0v) is 20.2. The summed E-state index contributed by atoms with van der Waals surface area (Å²) in [5.74, 6) is 1.54. The van der Waals surface area contributed by atoms with Gasteiger partial charge in [0.1, 0.15) is 23.4 Å². The third-order valence-electron chi connectivity index (χ3n) is 5.86. The number of hydrogen-bond donors (Lipinski definition) is 0. The van der Waals surface area contributed by atoms with Crippen molar-refractivity contribution in [3.8, 4) is 11.5 Å². The van der Waals surface area contributed by atoms with E-state index >= 15 is 0 Å². The molecule has 1 aromatic heterocycles. The van der Waals surface area contributed by atoms with Crippen LogP contribution in [0, 0.1) is 0 Å². The molecule has 0 radical (unpaired) electrons. The molecule has 0 saturated carbocycles. The fourth-order valence-electron chi connectivity index (χ4n) is 4.12. The van der Waals surface area contributed by atoms with Gasteiger partial charge in [-0.2, -0.15) is 0 Å². The van der Waals surface area contributed by atoms with Gasteiger partial charge in [-0.3, -0.25) is 4.79 Å². The van der Waals surface area contributed by atoms with E-state index in [2.05, 4.69) is 22.9 Å². The van der Waals surface area contributed by atoms with Gasteiger partial charge in [-0.1, -0.05) is 32.1 Å². The minimum atomic E-state index is -0.258. The van der Waals surface area contributed by atoms with Crippen molar-refractivity contribution in [1.82, 2.24) is 4.57 Å². The number of hydrogen-bond acceptors (Lipinski definition) is 5. The van der Waals surface area contributed by atoms with E-state index in [-0.39, 0.29) is 17.9 Å². The Kier molecular flexibility index (Phi) is 11.1. The van der Waals surface area contributed by atoms with Crippen LogP contribution in [0.1, 0.15) is 78.1 Å². The average molecular weight is 446 g/mol. The van der Waals surface area contributed by atoms with E-state index < -0.39 is 0 Å². The van der Waals surface area contributed by atoms with E-state index in [0.29, 0.717) is 12.8 Å². The molecule has 0 N–H and O–H groups in total. The number of rotatable bonds is 16. The fourth-order valence-corrected chi connectivity index (χ4v) is 4.12. The summed E-state index contributed by atoms with van der Waals surface area (Å²) in [6.45, 7) is 4.00. The molecule has 0 fully saturated rings. The third kappa shape index (κ3) is 8.56. The number of Topliss-reactive ketones (excluding diaryl/α,β-unsaturated/α-hetero) is 1. The number of methoxy groups -OCH3 is 2. The maximum Gasteiger partial charge on any atom is 0.302 e. The largest absolute Gasteiger partial charge is 0.497 e. The van der Waals surface area contributed by atoms with Gasteiger partial charge in [-0.05, 0) is 38.7 Å². The third-order valence-corrected chi connectivity index (χ3v) is 5.86. The Labute approximate surface area is 192 Å². The van der Waals surface area contributed by atoms with Crippen LogP contribution >= 0.6 is 0 Å². The summed E-state index contributed by atoms with van der Waals surface area (Å²) in [5, 5.41) is 1.11. The second kappa shape index (κ2) is 13.8. The van der Waals surface area contributed by atoms with Crippen LogP contribution in [0.25, 0.3) is 10.9 Å². The summed E-state index contributed by atoms with van der Waals surface area (Å²) in [6.07, 6.45) is 12.1. The smallest absolute Gasteiger partial charge is 0.302 e. The van der Waals surface area contributed by atoms with Gasteiger partial charge in [0.25, 0.3) is 0 Å². The van der Waals surface area contributed by atoms with Crippen molar-refractivity contribution in [2.45, 2.75) is 90.7 Å². The second-order valence-electron chi connectivity index (χ2n) is 8.51. The molecule has 1 aromatic carbocycles. The van der Waals surface area contributed by atoms with Gasteiger partial charge >= 0.3 is 5.97 Å². The number of benzene rings is 1. The molecule has 0 aliphatic heterocycles. The first-order valence-corrected chi connectivity index (χ1v) is 11.8. The number of ether oxygens (including phenoxy) is 3. The number of carbonyl (C=O) groups excluding carboxylic acids is 2. The van der Waals surface area contributed by atoms with Gasteiger partial charge in [0.15, 0.2) is 0 Å². The second-order valence-corrected chi connectivity index (χ2v) is 8.51. The van der Waals surface area contributed by atoms with E-state index in [1.807, 2.05) is 6.07 Å². The van der Waals surface area contributed by atoms with Crippen molar-refractivity contribution < 1.29 is 23.8 Å². The lowest BCUT2D eigenvalue weighted by atomic mass is 10.0. The van der Waals surface area contributed by atoms with Gasteiger partial charge < -0.3 is 23.6 Å². The first kappa shape index (κ1) is 25.8. The molecule has 1 unspecified atom stereocenters. The Hall–Kier alpha value is -2.50. The van der Waals surface area contributed by atoms with Gasteiger partial charge in [0.2, 0.25) is 0 Å². The number of unbranched alkanes of at least 4 members (excludes halogenated alkanes) is 6. The lowest BCUT2D eigenvalue weighted by molar-refractivity contribution is -0.147. The van der Waals surface area contributed by atoms with Crippen molar-refractivity contribution in [2.24, 2.45) is 0 Å². The molecular weight excluding hydrogens is 406 g/mol. The molecule has 32 heavy (non-hydrogen) atoms. The average Bonchev–Trinajstić information content (AvgIpc) is 3.17. The molecule has 0 spiro atoms. The quantitative estimate of drug-likeness (QED) is 0.231. The minimum absolute atomic E-state index is 0.120. The van der Waals surface area contributed by atoms with Crippen LogP contribution in [0.4, 0.5) is 0 Å². The van der Waals surface area contributed by atoms with Crippen LogP contribution in [0.5, 0.6) is 11.5 Å². The van der Waals surface area contributed by atoms with Crippen LogP contribution in [0.3, 0.4) is 0 Å². The van der Waals surface area contributed by atoms with E-state index in [1.54, 1.807) is 21.1 Å². The first-order chi connectivity index (χ1) is 15.4. The standard InChI is InChI=1S/C26H39NO5/c1-20(28)13-14-22(32-21(2)29)12-10-8-6-5-7-9-11-16-27-17-15-24-25(27)18-23(30-3)19-26(24)31-4/h15,17-19,22H,5-14,16H2,1-4H3. The molecule has 178 valence electrons. The number of ketones is 1. The fraction of sp³-hybridized carbons (Fsp3) is 0.615. The molecule has 2 rings (SSSR count). The van der Waals surface area contributed by atoms with Crippen LogP contribution < -0.4 is 9.47 Å². The predicted molar refractivity (Wildman–Crippen MR) is 127 cm³/mol. The molecule has 6 nitrogen and oxygen atoms in total. The number of esters is 1. The molecular formula is C26H39NO5. The number of aromatic nitrogens is 1. The Morgan fingerprint density at radius 3 is 2.22 bits per heavy atom. The first-order valence-electron chi connectivity index (χ1n) is 11.8. The predicted octanol–water partition coefficient (Wildman–Crippen LogP) is 6.08. The molecule has 0 aliphatic carbocycles. The van der Waals surface area contributed by atoms with Crippen molar-refractivity contribution in [1.29, 1.82) is 0 Å². The normalized spacial score (nSPS) is 12.0. The van der Waals surface area contributed by atoms with Crippen LogP contribution in [0.15, 0.2) is 24.4 Å². The minimum Gasteiger partial charge on any atom is -0.497 e. The summed E-state index contributed by atoms with van der Waals surface area (Å²) < 4.78 is 18.5. The van der Waals surface area contributed by atoms with Gasteiger partial charge in [0, 0.05) is 43.6 Å². The van der Waals surface area contributed by atoms with E-state index in [1.165, 1.54) is 32.6 Å². The number of aryl methyl sites for hydroxylation is 1. The highest BCUT2D eigenvalue weighted by molar-refractivity contribution is 5.88. The van der Waals surface area contributed by atoms with Crippen LogP contribution in [-0.4, -0.2) is 36.6 Å². The molecule has 6 heteroatoms. The van der Waals surface area contributed by atoms with Gasteiger partial charge in [-0.25, -0.2) is 0 Å². The monoisotopic (exact) mass is 445 g/mol. The van der Waals surface area contributed by atoms with Crippen LogP contribution in [-0.2, 0) is 20.9 Å². The highest BCUT2D eigenvalue weighted by Gasteiger charge is 2.13. The number of carbonyl (C=O) groups is 2.